The fourth-order valence-electron chi connectivity index (χ4n) is 5.17. The van der Waals surface area contributed by atoms with Gasteiger partial charge >= 0.3 is 0 Å². The molecule has 6 rings (SSSR count). The third-order valence-electron chi connectivity index (χ3n) is 7.15. The summed E-state index contributed by atoms with van der Waals surface area (Å²) in [5.41, 5.74) is 5.34. The number of aliphatic hydroxyl groups is 1. The van der Waals surface area contributed by atoms with E-state index in [1.54, 1.807) is 6.08 Å². The van der Waals surface area contributed by atoms with Crippen molar-refractivity contribution in [3.05, 3.63) is 142 Å². The van der Waals surface area contributed by atoms with Gasteiger partial charge in [-0.3, -0.25) is 14.5 Å². The van der Waals surface area contributed by atoms with Crippen LogP contribution in [0.15, 0.2) is 114 Å². The van der Waals surface area contributed by atoms with Crippen LogP contribution in [-0.4, -0.2) is 21.8 Å². The summed E-state index contributed by atoms with van der Waals surface area (Å²) in [7, 11) is 0. The summed E-state index contributed by atoms with van der Waals surface area (Å²) < 4.78 is 7.00. The molecule has 1 amide bonds. The Balaban J connectivity index is 1.42. The number of hydrogen-bond donors (Lipinski definition) is 1. The van der Waals surface area contributed by atoms with Gasteiger partial charge in [0.05, 0.1) is 21.8 Å². The summed E-state index contributed by atoms with van der Waals surface area (Å²) >= 11 is 1.36. The van der Waals surface area contributed by atoms with Gasteiger partial charge in [0.15, 0.2) is 16.7 Å². The van der Waals surface area contributed by atoms with E-state index in [9.17, 15) is 14.7 Å². The molecule has 5 aromatic rings. The number of benzene rings is 4. The number of carbonyl (C=O) groups is 2. The molecular weight excluding hydrogens is 544 g/mol. The van der Waals surface area contributed by atoms with Crippen LogP contribution in [0.2, 0.25) is 0 Å². The Morgan fingerprint density at radius 1 is 0.976 bits per heavy atom. The highest BCUT2D eigenvalue weighted by Gasteiger charge is 2.45. The second-order valence-corrected chi connectivity index (χ2v) is 11.2. The highest BCUT2D eigenvalue weighted by atomic mass is 32.1. The van der Waals surface area contributed by atoms with E-state index in [4.69, 9.17) is 9.72 Å². The molecule has 0 saturated carbocycles. The zero-order valence-corrected chi connectivity index (χ0v) is 24.0. The molecule has 0 fully saturated rings. The van der Waals surface area contributed by atoms with Crippen molar-refractivity contribution in [3.63, 3.8) is 0 Å². The van der Waals surface area contributed by atoms with Gasteiger partial charge in [0, 0.05) is 0 Å². The standard InChI is InChI=1S/C35H28N2O4S/c1-22-18-23(2)31-29(19-22)42-35(36-31)37-32(26-14-9-15-27(20-26)41-21-25-12-7-4-8-13-25)30(33(39)34(37)40)28(38)17-16-24-10-5-3-6-11-24/h3-20,32,39H,21H2,1-2H3. The Morgan fingerprint density at radius 3 is 2.48 bits per heavy atom. The van der Waals surface area contributed by atoms with Crippen LogP contribution in [0.5, 0.6) is 5.75 Å². The molecule has 4 aromatic carbocycles. The van der Waals surface area contributed by atoms with Crippen molar-refractivity contribution in [1.29, 1.82) is 0 Å². The number of allylic oxidation sites excluding steroid dienone is 1. The number of ketones is 1. The number of nitrogens with zero attached hydrogens (tertiary/aromatic N) is 2. The van der Waals surface area contributed by atoms with E-state index in [0.717, 1.165) is 32.5 Å². The maximum absolute atomic E-state index is 13.7. The lowest BCUT2D eigenvalue weighted by atomic mass is 9.95. The molecule has 7 heteroatoms. The molecule has 1 aromatic heterocycles. The average Bonchev–Trinajstić information content (AvgIpc) is 3.54. The van der Waals surface area contributed by atoms with E-state index in [1.807, 2.05) is 111 Å². The van der Waals surface area contributed by atoms with Gasteiger partial charge in [0.25, 0.3) is 5.91 Å². The number of rotatable bonds is 8. The molecule has 1 aliphatic rings. The number of aromatic nitrogens is 1. The van der Waals surface area contributed by atoms with Crippen molar-refractivity contribution >= 4 is 44.5 Å². The number of ether oxygens (including phenoxy) is 1. The summed E-state index contributed by atoms with van der Waals surface area (Å²) in [5.74, 6) is -1.12. The zero-order valence-electron chi connectivity index (χ0n) is 23.2. The van der Waals surface area contributed by atoms with Gasteiger partial charge in [-0.2, -0.15) is 0 Å². The van der Waals surface area contributed by atoms with Crippen LogP contribution in [-0.2, 0) is 16.2 Å². The van der Waals surface area contributed by atoms with Gasteiger partial charge in [-0.15, -0.1) is 0 Å². The fraction of sp³-hybridized carbons (Fsp3) is 0.114. The van der Waals surface area contributed by atoms with Crippen molar-refractivity contribution in [3.8, 4) is 5.75 Å². The van der Waals surface area contributed by atoms with E-state index >= 15 is 0 Å². The summed E-state index contributed by atoms with van der Waals surface area (Å²) in [6, 6.07) is 29.7. The lowest BCUT2D eigenvalue weighted by Gasteiger charge is -2.24. The van der Waals surface area contributed by atoms with Crippen molar-refractivity contribution in [1.82, 2.24) is 4.98 Å². The number of anilines is 1. The molecule has 1 atom stereocenters. The fourth-order valence-corrected chi connectivity index (χ4v) is 6.34. The Labute approximate surface area is 247 Å². The largest absolute Gasteiger partial charge is 0.503 e. The maximum Gasteiger partial charge on any atom is 0.296 e. The van der Waals surface area contributed by atoms with Gasteiger partial charge in [-0.25, -0.2) is 4.98 Å². The highest BCUT2D eigenvalue weighted by molar-refractivity contribution is 7.22. The summed E-state index contributed by atoms with van der Waals surface area (Å²) in [6.45, 7) is 4.36. The van der Waals surface area contributed by atoms with Crippen LogP contribution in [0.3, 0.4) is 0 Å². The van der Waals surface area contributed by atoms with Gasteiger partial charge in [0.1, 0.15) is 12.4 Å². The van der Waals surface area contributed by atoms with E-state index in [1.165, 1.54) is 22.3 Å². The molecule has 0 saturated heterocycles. The van der Waals surface area contributed by atoms with E-state index < -0.39 is 23.5 Å². The minimum Gasteiger partial charge on any atom is -0.503 e. The Kier molecular flexibility index (Phi) is 7.42. The zero-order chi connectivity index (χ0) is 29.2. The van der Waals surface area contributed by atoms with Crippen molar-refractivity contribution < 1.29 is 19.4 Å². The molecule has 208 valence electrons. The predicted molar refractivity (Wildman–Crippen MR) is 167 cm³/mol. The number of hydrogen-bond acceptors (Lipinski definition) is 6. The normalized spacial score (nSPS) is 15.2. The van der Waals surface area contributed by atoms with E-state index in [2.05, 4.69) is 0 Å². The number of amides is 1. The summed E-state index contributed by atoms with van der Waals surface area (Å²) in [4.78, 5) is 33.6. The van der Waals surface area contributed by atoms with Crippen LogP contribution < -0.4 is 9.64 Å². The Hall–Kier alpha value is -5.01. The highest BCUT2D eigenvalue weighted by Crippen LogP contribution is 2.44. The molecule has 0 radical (unpaired) electrons. The van der Waals surface area contributed by atoms with Crippen LogP contribution in [0.4, 0.5) is 5.13 Å². The average molecular weight is 573 g/mol. The third-order valence-corrected chi connectivity index (χ3v) is 8.15. The lowest BCUT2D eigenvalue weighted by molar-refractivity contribution is -0.117. The molecule has 1 N–H and O–H groups in total. The minimum atomic E-state index is -0.896. The summed E-state index contributed by atoms with van der Waals surface area (Å²) in [6.07, 6.45) is 3.07. The molecule has 42 heavy (non-hydrogen) atoms. The van der Waals surface area contributed by atoms with Gasteiger partial charge in [-0.1, -0.05) is 96.3 Å². The Morgan fingerprint density at radius 2 is 1.71 bits per heavy atom. The smallest absolute Gasteiger partial charge is 0.296 e. The number of aliphatic hydroxyl groups excluding tert-OH is 1. The van der Waals surface area contributed by atoms with Gasteiger partial charge in [-0.05, 0) is 65.9 Å². The predicted octanol–water partition coefficient (Wildman–Crippen LogP) is 7.67. The second kappa shape index (κ2) is 11.5. The quantitative estimate of drug-likeness (QED) is 0.193. The van der Waals surface area contributed by atoms with E-state index in [-0.39, 0.29) is 5.57 Å². The molecule has 1 aliphatic heterocycles. The van der Waals surface area contributed by atoms with Crippen molar-refractivity contribution in [2.45, 2.75) is 26.5 Å². The minimum absolute atomic E-state index is 0.000417. The van der Waals surface area contributed by atoms with Crippen molar-refractivity contribution in [2.24, 2.45) is 0 Å². The monoisotopic (exact) mass is 572 g/mol. The first-order valence-corrected chi connectivity index (χ1v) is 14.4. The first kappa shape index (κ1) is 27.2. The molecule has 0 spiro atoms. The lowest BCUT2D eigenvalue weighted by Crippen LogP contribution is -2.30. The summed E-state index contributed by atoms with van der Waals surface area (Å²) in [5, 5.41) is 11.6. The molecule has 2 heterocycles. The molecule has 0 bridgehead atoms. The number of carbonyl (C=O) groups excluding carboxylic acids is 2. The molecule has 0 aliphatic carbocycles. The van der Waals surface area contributed by atoms with E-state index in [0.29, 0.717) is 23.1 Å². The number of fused-ring (bicyclic) bond motifs is 1. The van der Waals surface area contributed by atoms with Gasteiger partial charge in [0.2, 0.25) is 0 Å². The molecular formula is C35H28N2O4S. The maximum atomic E-state index is 13.7. The van der Waals surface area contributed by atoms with Crippen LogP contribution in [0, 0.1) is 13.8 Å². The third kappa shape index (κ3) is 5.34. The van der Waals surface area contributed by atoms with Crippen LogP contribution in [0.1, 0.15) is 33.9 Å². The molecule has 1 unspecified atom stereocenters. The second-order valence-electron chi connectivity index (χ2n) is 10.2. The SMILES string of the molecule is Cc1cc(C)c2nc(N3C(=O)C(O)=C(C(=O)C=Cc4ccccc4)C3c3cccc(OCc4ccccc4)c3)sc2c1. The first-order valence-electron chi connectivity index (χ1n) is 13.6. The Bertz CT molecular complexity index is 1860. The van der Waals surface area contributed by atoms with Crippen LogP contribution in [0.25, 0.3) is 16.3 Å². The molecule has 6 nitrogen and oxygen atoms in total. The number of aryl methyl sites for hydroxylation is 2. The van der Waals surface area contributed by atoms with Crippen LogP contribution >= 0.6 is 11.3 Å². The number of thiazole rings is 1. The topological polar surface area (TPSA) is 79.7 Å². The van der Waals surface area contributed by atoms with Gasteiger partial charge < -0.3 is 9.84 Å². The first-order chi connectivity index (χ1) is 20.4. The van der Waals surface area contributed by atoms with Crippen molar-refractivity contribution in [2.75, 3.05) is 4.90 Å².